The molecular weight excluding hydrogens is 310 g/mol. The summed E-state index contributed by atoms with van der Waals surface area (Å²) in [5, 5.41) is 2.78. The van der Waals surface area contributed by atoms with Crippen molar-refractivity contribution in [2.24, 2.45) is 5.92 Å². The molecule has 0 radical (unpaired) electrons. The third kappa shape index (κ3) is 20.9. The number of ether oxygens (including phenoxy) is 4. The van der Waals surface area contributed by atoms with Crippen molar-refractivity contribution >= 4 is 5.91 Å². The number of carbonyl (C=O) groups is 1. The largest absolute Gasteiger partial charge is 0.377 e. The van der Waals surface area contributed by atoms with E-state index in [0.717, 1.165) is 0 Å². The zero-order chi connectivity index (χ0) is 18.5. The molecule has 6 heteroatoms. The van der Waals surface area contributed by atoms with Crippen molar-refractivity contribution in [1.29, 1.82) is 0 Å². The maximum atomic E-state index is 11.3. The van der Waals surface area contributed by atoms with E-state index in [1.165, 1.54) is 0 Å². The minimum atomic E-state index is 0. The van der Waals surface area contributed by atoms with E-state index in [1.807, 2.05) is 27.7 Å². The first-order valence-electron chi connectivity index (χ1n) is 8.66. The molecular formula is C18H37NO5. The first kappa shape index (κ1) is 25.1. The second kappa shape index (κ2) is 21.9. The highest BCUT2D eigenvalue weighted by Crippen LogP contribution is 1.89. The highest BCUT2D eigenvalue weighted by Gasteiger charge is 2.04. The van der Waals surface area contributed by atoms with Gasteiger partial charge in [-0.25, -0.2) is 0 Å². The third-order valence-electron chi connectivity index (χ3n) is 2.54. The molecule has 0 fully saturated rings. The van der Waals surface area contributed by atoms with Gasteiger partial charge in [0, 0.05) is 13.9 Å². The van der Waals surface area contributed by atoms with Crippen LogP contribution < -0.4 is 5.32 Å². The summed E-state index contributed by atoms with van der Waals surface area (Å²) in [6.45, 7) is 14.2. The van der Waals surface area contributed by atoms with Gasteiger partial charge in [0.15, 0.2) is 0 Å². The fraction of sp³-hybridized carbons (Fsp3) is 0.833. The van der Waals surface area contributed by atoms with Crippen LogP contribution in [-0.2, 0) is 23.7 Å². The lowest BCUT2D eigenvalue weighted by Crippen LogP contribution is -2.31. The summed E-state index contributed by atoms with van der Waals surface area (Å²) in [5.74, 6) is 5.62. The molecule has 0 aromatic rings. The van der Waals surface area contributed by atoms with Crippen LogP contribution in [0.2, 0.25) is 0 Å². The van der Waals surface area contributed by atoms with Crippen LogP contribution in [0.3, 0.4) is 0 Å². The predicted molar refractivity (Wildman–Crippen MR) is 98.0 cm³/mol. The molecule has 0 heterocycles. The second-order valence-electron chi connectivity index (χ2n) is 4.76. The molecule has 0 aliphatic heterocycles. The lowest BCUT2D eigenvalue weighted by atomic mass is 10.2. The van der Waals surface area contributed by atoms with E-state index >= 15 is 0 Å². The first-order chi connectivity index (χ1) is 11.7. The van der Waals surface area contributed by atoms with E-state index in [-0.39, 0.29) is 13.3 Å². The smallest absolute Gasteiger partial charge is 0.222 e. The molecule has 24 heavy (non-hydrogen) atoms. The standard InChI is InChI=1S/C16H29NO5.C2H6.H2/c1-4-5-7-19-9-11-21-13-14-22-12-10-20-8-6-17-16(18)15(2)3;1-2;/h15H,6-14H2,1-3H3,(H,17,18);1-2H3;1H. The predicted octanol–water partition coefficient (Wildman–Crippen LogP) is 2.12. The van der Waals surface area contributed by atoms with Gasteiger partial charge in [0.1, 0.15) is 6.61 Å². The van der Waals surface area contributed by atoms with E-state index in [2.05, 4.69) is 17.2 Å². The van der Waals surface area contributed by atoms with Gasteiger partial charge in [-0.05, 0) is 6.92 Å². The van der Waals surface area contributed by atoms with Gasteiger partial charge in [-0.1, -0.05) is 33.6 Å². The fourth-order valence-corrected chi connectivity index (χ4v) is 1.31. The monoisotopic (exact) mass is 347 g/mol. The van der Waals surface area contributed by atoms with Crippen molar-refractivity contribution in [1.82, 2.24) is 5.32 Å². The molecule has 1 amide bonds. The van der Waals surface area contributed by atoms with Crippen LogP contribution in [0.5, 0.6) is 0 Å². The van der Waals surface area contributed by atoms with Gasteiger partial charge in [0.25, 0.3) is 0 Å². The molecule has 0 aliphatic rings. The number of rotatable bonds is 14. The van der Waals surface area contributed by atoms with Crippen molar-refractivity contribution in [2.45, 2.75) is 34.6 Å². The summed E-state index contributed by atoms with van der Waals surface area (Å²) in [6.07, 6.45) is 0. The Bertz CT molecular complexity index is 329. The summed E-state index contributed by atoms with van der Waals surface area (Å²) in [5.41, 5.74) is 0. The van der Waals surface area contributed by atoms with Crippen LogP contribution in [0.4, 0.5) is 0 Å². The fourth-order valence-electron chi connectivity index (χ4n) is 1.31. The zero-order valence-corrected chi connectivity index (χ0v) is 16.0. The van der Waals surface area contributed by atoms with Crippen LogP contribution in [0.25, 0.3) is 0 Å². The Morgan fingerprint density at radius 3 is 1.83 bits per heavy atom. The van der Waals surface area contributed by atoms with Crippen LogP contribution >= 0.6 is 0 Å². The van der Waals surface area contributed by atoms with Crippen LogP contribution in [0.15, 0.2) is 0 Å². The third-order valence-corrected chi connectivity index (χ3v) is 2.54. The molecule has 0 atom stereocenters. The normalized spacial score (nSPS) is 9.75. The van der Waals surface area contributed by atoms with Gasteiger partial charge < -0.3 is 24.3 Å². The summed E-state index contributed by atoms with van der Waals surface area (Å²) in [6, 6.07) is 0. The number of hydrogen-bond donors (Lipinski definition) is 1. The van der Waals surface area contributed by atoms with Gasteiger partial charge in [0.05, 0.1) is 46.2 Å². The average Bonchev–Trinajstić information content (AvgIpc) is 2.59. The Balaban J connectivity index is -0.00000155. The highest BCUT2D eigenvalue weighted by molar-refractivity contribution is 5.77. The van der Waals surface area contributed by atoms with Gasteiger partial charge in [-0.3, -0.25) is 4.79 Å². The molecule has 0 spiro atoms. The molecule has 0 aromatic heterocycles. The van der Waals surface area contributed by atoms with E-state index < -0.39 is 0 Å². The van der Waals surface area contributed by atoms with E-state index in [9.17, 15) is 4.79 Å². The number of carbonyl (C=O) groups excluding carboxylic acids is 1. The van der Waals surface area contributed by atoms with Gasteiger partial charge >= 0.3 is 0 Å². The number of hydrogen-bond acceptors (Lipinski definition) is 5. The maximum Gasteiger partial charge on any atom is 0.222 e. The van der Waals surface area contributed by atoms with Crippen LogP contribution in [0.1, 0.15) is 36.0 Å². The first-order valence-corrected chi connectivity index (χ1v) is 8.66. The Labute approximate surface area is 149 Å². The molecule has 0 bridgehead atoms. The van der Waals surface area contributed by atoms with E-state index in [4.69, 9.17) is 18.9 Å². The van der Waals surface area contributed by atoms with Gasteiger partial charge in [0.2, 0.25) is 5.91 Å². The Kier molecular flexibility index (Phi) is 22.9. The van der Waals surface area contributed by atoms with Crippen LogP contribution in [-0.4, -0.2) is 65.3 Å². The summed E-state index contributed by atoms with van der Waals surface area (Å²) < 4.78 is 21.2. The maximum absolute atomic E-state index is 11.3. The molecule has 0 saturated carbocycles. The van der Waals surface area contributed by atoms with Crippen molar-refractivity contribution < 1.29 is 25.2 Å². The molecule has 0 aromatic carbocycles. The topological polar surface area (TPSA) is 66.0 Å². The lowest BCUT2D eigenvalue weighted by molar-refractivity contribution is -0.124. The molecule has 1 N–H and O–H groups in total. The minimum absolute atomic E-state index is 0. The molecule has 0 rings (SSSR count). The molecule has 144 valence electrons. The summed E-state index contributed by atoms with van der Waals surface area (Å²) >= 11 is 0. The van der Waals surface area contributed by atoms with Crippen molar-refractivity contribution in [2.75, 3.05) is 59.4 Å². The quantitative estimate of drug-likeness (QED) is 0.385. The van der Waals surface area contributed by atoms with E-state index in [1.54, 1.807) is 6.92 Å². The van der Waals surface area contributed by atoms with Gasteiger partial charge in [-0.2, -0.15) is 0 Å². The molecule has 6 nitrogen and oxygen atoms in total. The molecule has 0 aliphatic carbocycles. The second-order valence-corrected chi connectivity index (χ2v) is 4.76. The number of amides is 1. The van der Waals surface area contributed by atoms with E-state index in [0.29, 0.717) is 59.4 Å². The summed E-state index contributed by atoms with van der Waals surface area (Å²) in [4.78, 5) is 11.3. The van der Waals surface area contributed by atoms with Crippen molar-refractivity contribution in [3.63, 3.8) is 0 Å². The zero-order valence-electron chi connectivity index (χ0n) is 16.0. The van der Waals surface area contributed by atoms with Gasteiger partial charge in [-0.15, -0.1) is 5.92 Å². The van der Waals surface area contributed by atoms with Crippen molar-refractivity contribution in [3.05, 3.63) is 0 Å². The minimum Gasteiger partial charge on any atom is -0.377 e. The Morgan fingerprint density at radius 2 is 1.38 bits per heavy atom. The van der Waals surface area contributed by atoms with Crippen LogP contribution in [0, 0.1) is 17.8 Å². The molecule has 0 unspecified atom stereocenters. The van der Waals surface area contributed by atoms with Crippen molar-refractivity contribution in [3.8, 4) is 11.8 Å². The SMILES string of the molecule is CC.CC#CCOCCOCCOCCOCCNC(=O)C(C)C.[HH]. The Hall–Kier alpha value is -1.13. The highest BCUT2D eigenvalue weighted by atomic mass is 16.6. The molecule has 0 saturated heterocycles. The average molecular weight is 347 g/mol. The summed E-state index contributed by atoms with van der Waals surface area (Å²) in [7, 11) is 0. The lowest BCUT2D eigenvalue weighted by Gasteiger charge is -2.09. The Morgan fingerprint density at radius 1 is 0.917 bits per heavy atom. The number of nitrogens with one attached hydrogen (secondary N) is 1.